The van der Waals surface area contributed by atoms with Crippen molar-refractivity contribution in [2.75, 3.05) is 9.80 Å². The van der Waals surface area contributed by atoms with E-state index in [4.69, 9.17) is 11.6 Å². The fourth-order valence-corrected chi connectivity index (χ4v) is 5.90. The van der Waals surface area contributed by atoms with Crippen LogP contribution in [0.2, 0.25) is 5.02 Å². The molecule has 0 bridgehead atoms. The van der Waals surface area contributed by atoms with E-state index in [0.29, 0.717) is 23.4 Å². The van der Waals surface area contributed by atoms with Gasteiger partial charge in [-0.15, -0.1) is 0 Å². The number of rotatable bonds is 9. The number of amides is 2. The summed E-state index contributed by atoms with van der Waals surface area (Å²) in [6.45, 7) is 5.50. The van der Waals surface area contributed by atoms with Crippen molar-refractivity contribution in [2.24, 2.45) is 5.41 Å². The number of aryl methyl sites for hydroxylation is 1. The van der Waals surface area contributed by atoms with Crippen molar-refractivity contribution < 1.29 is 19.5 Å². The lowest BCUT2D eigenvalue weighted by Gasteiger charge is -2.40. The van der Waals surface area contributed by atoms with Crippen LogP contribution in [0, 0.1) is 5.41 Å². The largest absolute Gasteiger partial charge is 0.481 e. The lowest BCUT2D eigenvalue weighted by Crippen LogP contribution is -2.47. The Morgan fingerprint density at radius 1 is 0.976 bits per heavy atom. The van der Waals surface area contributed by atoms with Crippen molar-refractivity contribution in [3.05, 3.63) is 94.5 Å². The minimum atomic E-state index is -0.788. The lowest BCUT2D eigenvalue weighted by molar-refractivity contribution is -0.147. The zero-order valence-electron chi connectivity index (χ0n) is 23.8. The van der Waals surface area contributed by atoms with E-state index < -0.39 is 11.4 Å². The average molecular weight is 573 g/mol. The number of anilines is 2. The van der Waals surface area contributed by atoms with Gasteiger partial charge in [0.25, 0.3) is 5.91 Å². The van der Waals surface area contributed by atoms with Gasteiger partial charge in [0.2, 0.25) is 5.91 Å². The highest BCUT2D eigenvalue weighted by molar-refractivity contribution is 6.30. The molecule has 7 heteroatoms. The fourth-order valence-electron chi connectivity index (χ4n) is 5.77. The van der Waals surface area contributed by atoms with E-state index in [0.717, 1.165) is 48.2 Å². The third-order valence-corrected chi connectivity index (χ3v) is 8.66. The third kappa shape index (κ3) is 6.18. The van der Waals surface area contributed by atoms with Gasteiger partial charge in [0.1, 0.15) is 0 Å². The maximum atomic E-state index is 14.1. The Morgan fingerprint density at radius 2 is 1.63 bits per heavy atom. The Hall–Kier alpha value is -3.64. The van der Waals surface area contributed by atoms with Crippen LogP contribution in [0.25, 0.3) is 0 Å². The van der Waals surface area contributed by atoms with Crippen molar-refractivity contribution in [3.63, 3.8) is 0 Å². The zero-order valence-corrected chi connectivity index (χ0v) is 24.6. The molecule has 41 heavy (non-hydrogen) atoms. The number of hydrogen-bond acceptors (Lipinski definition) is 3. The molecule has 1 saturated carbocycles. The Bertz CT molecular complexity index is 1430. The van der Waals surface area contributed by atoms with Gasteiger partial charge in [0.05, 0.1) is 11.3 Å². The van der Waals surface area contributed by atoms with Gasteiger partial charge in [-0.3, -0.25) is 14.4 Å². The topological polar surface area (TPSA) is 77.9 Å². The second-order valence-electron chi connectivity index (χ2n) is 12.0. The predicted molar refractivity (Wildman–Crippen MR) is 163 cm³/mol. The van der Waals surface area contributed by atoms with Gasteiger partial charge < -0.3 is 14.9 Å². The summed E-state index contributed by atoms with van der Waals surface area (Å²) >= 11 is 6.12. The van der Waals surface area contributed by atoms with E-state index in [1.165, 1.54) is 0 Å². The first kappa shape index (κ1) is 28.9. The molecule has 1 N–H and O–H groups in total. The summed E-state index contributed by atoms with van der Waals surface area (Å²) in [5.41, 5.74) is 3.42. The molecule has 1 aliphatic heterocycles. The minimum Gasteiger partial charge on any atom is -0.481 e. The fraction of sp³-hybridized carbons (Fsp3) is 0.382. The Morgan fingerprint density at radius 3 is 2.27 bits per heavy atom. The van der Waals surface area contributed by atoms with Gasteiger partial charge in [-0.05, 0) is 113 Å². The molecule has 0 unspecified atom stereocenters. The lowest BCUT2D eigenvalue weighted by atomic mass is 9.84. The molecule has 6 nitrogen and oxygen atoms in total. The van der Waals surface area contributed by atoms with Crippen LogP contribution in [0.15, 0.2) is 72.8 Å². The van der Waals surface area contributed by atoms with E-state index in [2.05, 4.69) is 0 Å². The van der Waals surface area contributed by atoms with Gasteiger partial charge in [0, 0.05) is 34.0 Å². The molecule has 5 rings (SSSR count). The molecule has 3 aromatic carbocycles. The summed E-state index contributed by atoms with van der Waals surface area (Å²) in [6.07, 6.45) is 4.60. The molecule has 2 aliphatic rings. The van der Waals surface area contributed by atoms with E-state index >= 15 is 0 Å². The monoisotopic (exact) mass is 572 g/mol. The van der Waals surface area contributed by atoms with Crippen molar-refractivity contribution in [1.29, 1.82) is 0 Å². The van der Waals surface area contributed by atoms with Gasteiger partial charge in [-0.2, -0.15) is 0 Å². The van der Waals surface area contributed by atoms with E-state index in [1.807, 2.05) is 89.5 Å². The van der Waals surface area contributed by atoms with Crippen LogP contribution in [0.4, 0.5) is 11.4 Å². The predicted octanol–water partition coefficient (Wildman–Crippen LogP) is 7.49. The van der Waals surface area contributed by atoms with Crippen molar-refractivity contribution >= 4 is 40.8 Å². The average Bonchev–Trinajstić information content (AvgIpc) is 3.79. The van der Waals surface area contributed by atoms with Gasteiger partial charge in [-0.1, -0.05) is 41.9 Å². The maximum absolute atomic E-state index is 14.1. The van der Waals surface area contributed by atoms with Crippen LogP contribution >= 0.6 is 11.6 Å². The van der Waals surface area contributed by atoms with E-state index in [9.17, 15) is 19.5 Å². The SMILES string of the molecule is C[C@H]1C[C@H](C(=O)N(c2ccc(Cl)cc2)C2CC2)c2ccccc2N1C(=O)c1ccc(CCCC(C)(C)C(=O)O)cc1. The number of fused-ring (bicyclic) bond motifs is 1. The second kappa shape index (κ2) is 11.7. The van der Waals surface area contributed by atoms with Crippen molar-refractivity contribution in [2.45, 2.75) is 77.3 Å². The Kier molecular flexibility index (Phi) is 8.23. The number of benzene rings is 3. The molecule has 0 saturated heterocycles. The number of carbonyl (C=O) groups excluding carboxylic acids is 2. The molecular weight excluding hydrogens is 536 g/mol. The molecule has 1 fully saturated rings. The molecule has 1 heterocycles. The minimum absolute atomic E-state index is 0.0663. The zero-order chi connectivity index (χ0) is 29.3. The van der Waals surface area contributed by atoms with E-state index in [-0.39, 0.29) is 29.8 Å². The van der Waals surface area contributed by atoms with Gasteiger partial charge in [0.15, 0.2) is 0 Å². The van der Waals surface area contributed by atoms with Crippen LogP contribution in [0.5, 0.6) is 0 Å². The summed E-state index contributed by atoms with van der Waals surface area (Å²) < 4.78 is 0. The van der Waals surface area contributed by atoms with Crippen LogP contribution in [-0.2, 0) is 16.0 Å². The smallest absolute Gasteiger partial charge is 0.309 e. The van der Waals surface area contributed by atoms with Gasteiger partial charge >= 0.3 is 5.97 Å². The Balaban J connectivity index is 1.35. The standard InChI is InChI=1S/C34H37ClN2O4/c1-22-21-29(32(39)37(27-18-19-27)26-16-14-25(35)15-17-26)28-8-4-5-9-30(28)36(22)31(38)24-12-10-23(11-13-24)7-6-20-34(2,3)33(40)41/h4-5,8-17,22,27,29H,6-7,18-21H2,1-3H3,(H,40,41)/t22-,29-/m0/s1. The van der Waals surface area contributed by atoms with Gasteiger partial charge in [-0.25, -0.2) is 0 Å². The molecule has 3 aromatic rings. The first-order valence-corrected chi connectivity index (χ1v) is 14.8. The molecule has 0 aromatic heterocycles. The summed E-state index contributed by atoms with van der Waals surface area (Å²) in [5.74, 6) is -1.16. The number of carboxylic acid groups (broad SMARTS) is 1. The number of aliphatic carboxylic acids is 1. The highest BCUT2D eigenvalue weighted by atomic mass is 35.5. The molecule has 2 atom stereocenters. The number of carbonyl (C=O) groups is 3. The molecule has 0 radical (unpaired) electrons. The normalized spacial score (nSPS) is 18.5. The van der Waals surface area contributed by atoms with Crippen molar-refractivity contribution in [1.82, 2.24) is 0 Å². The number of halogens is 1. The van der Waals surface area contributed by atoms with Crippen LogP contribution < -0.4 is 9.80 Å². The maximum Gasteiger partial charge on any atom is 0.309 e. The summed E-state index contributed by atoms with van der Waals surface area (Å²) in [4.78, 5) is 43.1. The number of carboxylic acids is 1. The molecule has 0 spiro atoms. The summed E-state index contributed by atoms with van der Waals surface area (Å²) in [7, 11) is 0. The quantitative estimate of drug-likeness (QED) is 0.288. The second-order valence-corrected chi connectivity index (χ2v) is 12.5. The van der Waals surface area contributed by atoms with Crippen molar-refractivity contribution in [3.8, 4) is 0 Å². The number of hydrogen-bond donors (Lipinski definition) is 1. The van der Waals surface area contributed by atoms with Crippen LogP contribution in [0.3, 0.4) is 0 Å². The number of para-hydroxylation sites is 1. The summed E-state index contributed by atoms with van der Waals surface area (Å²) in [6, 6.07) is 22.8. The molecule has 214 valence electrons. The summed E-state index contributed by atoms with van der Waals surface area (Å²) in [5, 5.41) is 9.98. The molecule has 2 amide bonds. The molecular formula is C34H37ClN2O4. The first-order valence-electron chi connectivity index (χ1n) is 14.4. The highest BCUT2D eigenvalue weighted by Crippen LogP contribution is 2.43. The Labute approximate surface area is 246 Å². The number of nitrogens with zero attached hydrogens (tertiary/aromatic N) is 2. The highest BCUT2D eigenvalue weighted by Gasteiger charge is 2.42. The van der Waals surface area contributed by atoms with E-state index in [1.54, 1.807) is 13.8 Å². The molecule has 1 aliphatic carbocycles. The first-order chi connectivity index (χ1) is 19.6. The third-order valence-electron chi connectivity index (χ3n) is 8.41. The van der Waals surface area contributed by atoms with Crippen LogP contribution in [-0.4, -0.2) is 35.0 Å². The van der Waals surface area contributed by atoms with Crippen LogP contribution in [0.1, 0.15) is 80.3 Å².